The predicted molar refractivity (Wildman–Crippen MR) is 81.0 cm³/mol. The first-order valence-electron chi connectivity index (χ1n) is 7.46. The molecule has 0 aliphatic carbocycles. The van der Waals surface area contributed by atoms with Gasteiger partial charge in [-0.15, -0.1) is 0 Å². The lowest BCUT2D eigenvalue weighted by atomic mass is 10.0. The summed E-state index contributed by atoms with van der Waals surface area (Å²) in [6.45, 7) is 5.67. The standard InChI is InChI=1S/C16H26N2O2/c1-3-20-14-8-6-13(7-9-14)16(17)12-18-10-4-5-15(11-18)19-2/h6-9,15-16H,3-5,10-12,17H2,1-2H3. The molecule has 0 spiro atoms. The number of nitrogens with two attached hydrogens (primary N) is 1. The van der Waals surface area contributed by atoms with Crippen LogP contribution >= 0.6 is 0 Å². The quantitative estimate of drug-likeness (QED) is 0.866. The van der Waals surface area contributed by atoms with Gasteiger partial charge < -0.3 is 15.2 Å². The van der Waals surface area contributed by atoms with E-state index in [1.54, 1.807) is 7.11 Å². The molecule has 1 aromatic rings. The van der Waals surface area contributed by atoms with Gasteiger partial charge in [-0.1, -0.05) is 12.1 Å². The van der Waals surface area contributed by atoms with Gasteiger partial charge in [0.2, 0.25) is 0 Å². The van der Waals surface area contributed by atoms with Crippen molar-refractivity contribution in [3.8, 4) is 5.75 Å². The summed E-state index contributed by atoms with van der Waals surface area (Å²) in [5.74, 6) is 0.904. The molecule has 0 radical (unpaired) electrons. The zero-order chi connectivity index (χ0) is 14.4. The lowest BCUT2D eigenvalue weighted by molar-refractivity contribution is 0.0294. The first kappa shape index (κ1) is 15.3. The molecule has 112 valence electrons. The van der Waals surface area contributed by atoms with Gasteiger partial charge in [0.1, 0.15) is 5.75 Å². The molecule has 2 unspecified atom stereocenters. The summed E-state index contributed by atoms with van der Waals surface area (Å²) < 4.78 is 10.9. The van der Waals surface area contributed by atoms with Crippen molar-refractivity contribution >= 4 is 0 Å². The summed E-state index contributed by atoms with van der Waals surface area (Å²) in [4.78, 5) is 2.40. The van der Waals surface area contributed by atoms with Gasteiger partial charge >= 0.3 is 0 Å². The Morgan fingerprint density at radius 3 is 2.75 bits per heavy atom. The van der Waals surface area contributed by atoms with E-state index in [1.165, 1.54) is 6.42 Å². The smallest absolute Gasteiger partial charge is 0.119 e. The molecule has 2 rings (SSSR count). The van der Waals surface area contributed by atoms with E-state index in [1.807, 2.05) is 19.1 Å². The molecule has 1 fully saturated rings. The number of likely N-dealkylation sites (tertiary alicyclic amines) is 1. The highest BCUT2D eigenvalue weighted by atomic mass is 16.5. The zero-order valence-corrected chi connectivity index (χ0v) is 12.5. The van der Waals surface area contributed by atoms with Gasteiger partial charge in [0.15, 0.2) is 0 Å². The zero-order valence-electron chi connectivity index (χ0n) is 12.5. The molecule has 2 atom stereocenters. The van der Waals surface area contributed by atoms with Gasteiger partial charge in [-0.2, -0.15) is 0 Å². The summed E-state index contributed by atoms with van der Waals surface area (Å²) in [6, 6.07) is 8.15. The van der Waals surface area contributed by atoms with E-state index < -0.39 is 0 Å². The van der Waals surface area contributed by atoms with Crippen LogP contribution in [0.25, 0.3) is 0 Å². The Labute approximate surface area is 121 Å². The highest BCUT2D eigenvalue weighted by Gasteiger charge is 2.21. The average molecular weight is 278 g/mol. The number of methoxy groups -OCH3 is 1. The van der Waals surface area contributed by atoms with Gasteiger partial charge in [0.05, 0.1) is 12.7 Å². The molecule has 0 amide bonds. The monoisotopic (exact) mass is 278 g/mol. The second kappa shape index (κ2) is 7.62. The number of hydrogen-bond donors (Lipinski definition) is 1. The van der Waals surface area contributed by atoms with Crippen molar-refractivity contribution in [3.63, 3.8) is 0 Å². The third-order valence-electron chi connectivity index (χ3n) is 3.87. The molecule has 4 heteroatoms. The molecular formula is C16H26N2O2. The molecular weight excluding hydrogens is 252 g/mol. The Bertz CT molecular complexity index is 394. The Hall–Kier alpha value is -1.10. The van der Waals surface area contributed by atoms with Gasteiger partial charge in [-0.05, 0) is 44.0 Å². The first-order chi connectivity index (χ1) is 9.72. The maximum atomic E-state index is 6.31. The minimum atomic E-state index is 0.0429. The summed E-state index contributed by atoms with van der Waals surface area (Å²) in [5.41, 5.74) is 7.47. The lowest BCUT2D eigenvalue weighted by Crippen LogP contribution is -2.42. The summed E-state index contributed by atoms with van der Waals surface area (Å²) in [7, 11) is 1.79. The molecule has 2 N–H and O–H groups in total. The summed E-state index contributed by atoms with van der Waals surface area (Å²) >= 11 is 0. The molecule has 0 aromatic heterocycles. The molecule has 0 bridgehead atoms. The van der Waals surface area contributed by atoms with Crippen LogP contribution in [0.4, 0.5) is 0 Å². The van der Waals surface area contributed by atoms with Crippen LogP contribution in [0.3, 0.4) is 0 Å². The van der Waals surface area contributed by atoms with Gasteiger partial charge in [0.25, 0.3) is 0 Å². The van der Waals surface area contributed by atoms with Crippen LogP contribution in [0.1, 0.15) is 31.4 Å². The van der Waals surface area contributed by atoms with Crippen LogP contribution in [-0.4, -0.2) is 44.4 Å². The van der Waals surface area contributed by atoms with Crippen molar-refractivity contribution in [3.05, 3.63) is 29.8 Å². The van der Waals surface area contributed by atoms with Gasteiger partial charge in [0, 0.05) is 26.2 Å². The fourth-order valence-corrected chi connectivity index (χ4v) is 2.73. The molecule has 1 heterocycles. The van der Waals surface area contributed by atoms with Crippen molar-refractivity contribution in [2.45, 2.75) is 31.9 Å². The van der Waals surface area contributed by atoms with Crippen LogP contribution in [0.5, 0.6) is 5.75 Å². The van der Waals surface area contributed by atoms with Crippen LogP contribution < -0.4 is 10.5 Å². The number of benzene rings is 1. The fraction of sp³-hybridized carbons (Fsp3) is 0.625. The van der Waals surface area contributed by atoms with Crippen LogP contribution in [0, 0.1) is 0 Å². The molecule has 20 heavy (non-hydrogen) atoms. The Balaban J connectivity index is 1.88. The van der Waals surface area contributed by atoms with E-state index in [0.29, 0.717) is 12.7 Å². The van der Waals surface area contributed by atoms with Crippen molar-refractivity contribution in [2.75, 3.05) is 33.4 Å². The Kier molecular flexibility index (Phi) is 5.83. The molecule has 0 saturated carbocycles. The van der Waals surface area contributed by atoms with Crippen molar-refractivity contribution in [2.24, 2.45) is 5.73 Å². The summed E-state index contributed by atoms with van der Waals surface area (Å²) in [5, 5.41) is 0. The van der Waals surface area contributed by atoms with E-state index in [-0.39, 0.29) is 6.04 Å². The largest absolute Gasteiger partial charge is 0.494 e. The predicted octanol–water partition coefficient (Wildman–Crippen LogP) is 2.20. The van der Waals surface area contributed by atoms with E-state index in [9.17, 15) is 0 Å². The molecule has 4 nitrogen and oxygen atoms in total. The average Bonchev–Trinajstić information content (AvgIpc) is 2.48. The molecule has 1 aromatic carbocycles. The molecule has 1 aliphatic heterocycles. The second-order valence-corrected chi connectivity index (χ2v) is 5.37. The lowest BCUT2D eigenvalue weighted by Gasteiger charge is -2.33. The normalized spacial score (nSPS) is 21.6. The Morgan fingerprint density at radius 2 is 2.10 bits per heavy atom. The van der Waals surface area contributed by atoms with Gasteiger partial charge in [-0.25, -0.2) is 0 Å². The maximum absolute atomic E-state index is 6.31. The SMILES string of the molecule is CCOc1ccc(C(N)CN2CCCC(OC)C2)cc1. The van der Waals surface area contributed by atoms with Crippen LogP contribution in [0.2, 0.25) is 0 Å². The topological polar surface area (TPSA) is 47.7 Å². The number of nitrogens with zero attached hydrogens (tertiary/aromatic N) is 1. The van der Waals surface area contributed by atoms with Crippen molar-refractivity contribution in [1.29, 1.82) is 0 Å². The summed E-state index contributed by atoms with van der Waals surface area (Å²) in [6.07, 6.45) is 2.70. The van der Waals surface area contributed by atoms with E-state index in [2.05, 4.69) is 17.0 Å². The Morgan fingerprint density at radius 1 is 1.35 bits per heavy atom. The second-order valence-electron chi connectivity index (χ2n) is 5.37. The minimum Gasteiger partial charge on any atom is -0.494 e. The van der Waals surface area contributed by atoms with Gasteiger partial charge in [-0.3, -0.25) is 4.90 Å². The molecule has 1 aliphatic rings. The van der Waals surface area contributed by atoms with Crippen molar-refractivity contribution < 1.29 is 9.47 Å². The highest BCUT2D eigenvalue weighted by molar-refractivity contribution is 5.29. The van der Waals surface area contributed by atoms with Crippen LogP contribution in [-0.2, 0) is 4.74 Å². The third-order valence-corrected chi connectivity index (χ3v) is 3.87. The van der Waals surface area contributed by atoms with E-state index >= 15 is 0 Å². The highest BCUT2D eigenvalue weighted by Crippen LogP contribution is 2.19. The number of rotatable bonds is 6. The number of piperidine rings is 1. The van der Waals surface area contributed by atoms with Crippen molar-refractivity contribution in [1.82, 2.24) is 4.90 Å². The maximum Gasteiger partial charge on any atom is 0.119 e. The third kappa shape index (κ3) is 4.20. The number of ether oxygens (including phenoxy) is 2. The molecule has 1 saturated heterocycles. The fourth-order valence-electron chi connectivity index (χ4n) is 2.73. The van der Waals surface area contributed by atoms with E-state index in [0.717, 1.165) is 37.4 Å². The van der Waals surface area contributed by atoms with E-state index in [4.69, 9.17) is 15.2 Å². The number of hydrogen-bond acceptors (Lipinski definition) is 4. The van der Waals surface area contributed by atoms with Crippen LogP contribution in [0.15, 0.2) is 24.3 Å². The first-order valence-corrected chi connectivity index (χ1v) is 7.46. The minimum absolute atomic E-state index is 0.0429.